The molecular weight excluding hydrogens is 495 g/mol. The quantitative estimate of drug-likeness (QED) is 0.192. The maximum atomic E-state index is 13.9. The van der Waals surface area contributed by atoms with Crippen LogP contribution in [0, 0.1) is 5.82 Å². The lowest BCUT2D eigenvalue weighted by Gasteiger charge is -2.12. The van der Waals surface area contributed by atoms with Crippen LogP contribution in [-0.2, 0) is 10.5 Å². The van der Waals surface area contributed by atoms with Crippen molar-refractivity contribution in [2.75, 3.05) is 5.32 Å². The van der Waals surface area contributed by atoms with Gasteiger partial charge in [-0.1, -0.05) is 66.2 Å². The van der Waals surface area contributed by atoms with Crippen molar-refractivity contribution in [2.45, 2.75) is 10.6 Å². The molecule has 0 spiro atoms. The number of thioether (sulfide) groups is 1. The Morgan fingerprint density at radius 1 is 0.861 bits per heavy atom. The van der Waals surface area contributed by atoms with Gasteiger partial charge in [0.1, 0.15) is 11.5 Å². The smallest absolute Gasteiger partial charge is 0.272 e. The molecule has 4 rings (SSSR count). The van der Waals surface area contributed by atoms with E-state index in [0.29, 0.717) is 33.2 Å². The third kappa shape index (κ3) is 7.07. The second-order valence-corrected chi connectivity index (χ2v) is 9.28. The highest BCUT2D eigenvalue weighted by atomic mass is 35.5. The number of nitrogens with one attached hydrogen (secondary N) is 2. The number of hydrogen-bond donors (Lipinski definition) is 2. The Bertz CT molecular complexity index is 1390. The summed E-state index contributed by atoms with van der Waals surface area (Å²) in [7, 11) is 0. The third-order valence-electron chi connectivity index (χ3n) is 5.15. The van der Waals surface area contributed by atoms with E-state index in [1.165, 1.54) is 17.8 Å². The van der Waals surface area contributed by atoms with Crippen LogP contribution in [0.4, 0.5) is 10.1 Å². The second-order valence-electron chi connectivity index (χ2n) is 7.79. The molecule has 0 saturated heterocycles. The van der Waals surface area contributed by atoms with Crippen LogP contribution >= 0.6 is 23.4 Å². The van der Waals surface area contributed by atoms with E-state index in [1.54, 1.807) is 78.9 Å². The normalized spacial score (nSPS) is 11.1. The van der Waals surface area contributed by atoms with Crippen LogP contribution in [0.2, 0.25) is 5.02 Å². The van der Waals surface area contributed by atoms with Crippen LogP contribution in [0.25, 0.3) is 6.08 Å². The molecule has 7 heteroatoms. The minimum absolute atomic E-state index is 0.0792. The SMILES string of the molecule is O=C(Nc1cccc(SCc2ccccc2F)c1)/C(=C\c1ccc(Cl)cc1)NC(=O)c1ccccc1. The van der Waals surface area contributed by atoms with Gasteiger partial charge < -0.3 is 10.6 Å². The summed E-state index contributed by atoms with van der Waals surface area (Å²) >= 11 is 7.44. The Morgan fingerprint density at radius 2 is 1.58 bits per heavy atom. The van der Waals surface area contributed by atoms with Crippen molar-refractivity contribution in [1.82, 2.24) is 5.32 Å². The molecule has 0 atom stereocenters. The molecule has 0 heterocycles. The van der Waals surface area contributed by atoms with Crippen LogP contribution in [0.15, 0.2) is 114 Å². The van der Waals surface area contributed by atoms with Crippen molar-refractivity contribution < 1.29 is 14.0 Å². The van der Waals surface area contributed by atoms with Gasteiger partial charge in [0.15, 0.2) is 0 Å². The van der Waals surface area contributed by atoms with E-state index >= 15 is 0 Å². The second kappa shape index (κ2) is 12.2. The lowest BCUT2D eigenvalue weighted by molar-refractivity contribution is -0.113. The highest BCUT2D eigenvalue weighted by Crippen LogP contribution is 2.26. The van der Waals surface area contributed by atoms with Gasteiger partial charge >= 0.3 is 0 Å². The lowest BCUT2D eigenvalue weighted by atomic mass is 10.1. The number of halogens is 2. The molecule has 0 fully saturated rings. The Hall–Kier alpha value is -3.87. The van der Waals surface area contributed by atoms with Gasteiger partial charge in [-0.05, 0) is 65.7 Å². The van der Waals surface area contributed by atoms with E-state index < -0.39 is 11.8 Å². The average molecular weight is 517 g/mol. The fourth-order valence-electron chi connectivity index (χ4n) is 3.31. The lowest BCUT2D eigenvalue weighted by Crippen LogP contribution is -2.30. The number of carbonyl (C=O) groups is 2. The van der Waals surface area contributed by atoms with Gasteiger partial charge in [0.25, 0.3) is 11.8 Å². The van der Waals surface area contributed by atoms with Crippen molar-refractivity contribution >= 4 is 46.9 Å². The first-order chi connectivity index (χ1) is 17.5. The summed E-state index contributed by atoms with van der Waals surface area (Å²) in [4.78, 5) is 26.8. The number of hydrogen-bond acceptors (Lipinski definition) is 3. The maximum Gasteiger partial charge on any atom is 0.272 e. The summed E-state index contributed by atoms with van der Waals surface area (Å²) in [5.74, 6) is -0.676. The maximum absolute atomic E-state index is 13.9. The molecule has 180 valence electrons. The monoisotopic (exact) mass is 516 g/mol. The van der Waals surface area contributed by atoms with Gasteiger partial charge in [-0.25, -0.2) is 4.39 Å². The van der Waals surface area contributed by atoms with Gasteiger partial charge in [0.05, 0.1) is 0 Å². The standard InChI is InChI=1S/C29H22ClFN2O2S/c30-23-15-13-20(14-16-23)17-27(33-28(34)21-7-2-1-3-8-21)29(35)32-24-10-6-11-25(18-24)36-19-22-9-4-5-12-26(22)31/h1-18H,19H2,(H,32,35)(H,33,34)/b27-17+. The average Bonchev–Trinajstić information content (AvgIpc) is 2.90. The molecule has 0 unspecified atom stereocenters. The predicted molar refractivity (Wildman–Crippen MR) is 144 cm³/mol. The Morgan fingerprint density at radius 3 is 2.33 bits per heavy atom. The number of benzene rings is 4. The molecule has 2 N–H and O–H groups in total. The van der Waals surface area contributed by atoms with Gasteiger partial charge in [-0.15, -0.1) is 11.8 Å². The molecule has 0 aliphatic carbocycles. The van der Waals surface area contributed by atoms with Crippen LogP contribution < -0.4 is 10.6 Å². The molecule has 4 aromatic rings. The van der Waals surface area contributed by atoms with Crippen LogP contribution in [-0.4, -0.2) is 11.8 Å². The van der Waals surface area contributed by atoms with Crippen LogP contribution in [0.3, 0.4) is 0 Å². The largest absolute Gasteiger partial charge is 0.321 e. The molecule has 0 aliphatic rings. The van der Waals surface area contributed by atoms with E-state index in [9.17, 15) is 14.0 Å². The molecule has 0 aromatic heterocycles. The molecule has 0 bridgehead atoms. The summed E-state index contributed by atoms with van der Waals surface area (Å²) in [6.07, 6.45) is 1.59. The van der Waals surface area contributed by atoms with E-state index in [0.717, 1.165) is 4.90 Å². The van der Waals surface area contributed by atoms with Gasteiger partial charge in [0.2, 0.25) is 0 Å². The first kappa shape index (κ1) is 25.2. The molecule has 4 nitrogen and oxygen atoms in total. The highest BCUT2D eigenvalue weighted by molar-refractivity contribution is 7.98. The Balaban J connectivity index is 1.51. The summed E-state index contributed by atoms with van der Waals surface area (Å²) in [5, 5.41) is 6.13. The fraction of sp³-hybridized carbons (Fsp3) is 0.0345. The third-order valence-corrected chi connectivity index (χ3v) is 6.45. The summed E-state index contributed by atoms with van der Waals surface area (Å²) in [6.45, 7) is 0. The fourth-order valence-corrected chi connectivity index (χ4v) is 4.37. The molecule has 0 saturated carbocycles. The van der Waals surface area contributed by atoms with E-state index in [2.05, 4.69) is 10.6 Å². The summed E-state index contributed by atoms with van der Waals surface area (Å²) < 4.78 is 13.9. The number of rotatable bonds is 8. The van der Waals surface area contributed by atoms with Crippen molar-refractivity contribution in [3.63, 3.8) is 0 Å². The number of anilines is 1. The van der Waals surface area contributed by atoms with Crippen molar-refractivity contribution in [1.29, 1.82) is 0 Å². The van der Waals surface area contributed by atoms with Gasteiger partial charge in [0, 0.05) is 26.9 Å². The first-order valence-electron chi connectivity index (χ1n) is 11.1. The van der Waals surface area contributed by atoms with Crippen molar-refractivity contribution in [3.8, 4) is 0 Å². The molecule has 0 radical (unpaired) electrons. The van der Waals surface area contributed by atoms with E-state index in [1.807, 2.05) is 24.3 Å². The van der Waals surface area contributed by atoms with Crippen LogP contribution in [0.1, 0.15) is 21.5 Å². The highest BCUT2D eigenvalue weighted by Gasteiger charge is 2.15. The molecular formula is C29H22ClFN2O2S. The molecule has 4 aromatic carbocycles. The summed E-state index contributed by atoms with van der Waals surface area (Å²) in [5.41, 5.74) is 2.37. The molecule has 2 amide bonds. The molecule has 0 aliphatic heterocycles. The van der Waals surface area contributed by atoms with Gasteiger partial charge in [-0.3, -0.25) is 9.59 Å². The van der Waals surface area contributed by atoms with Gasteiger partial charge in [-0.2, -0.15) is 0 Å². The van der Waals surface area contributed by atoms with E-state index in [4.69, 9.17) is 11.6 Å². The first-order valence-corrected chi connectivity index (χ1v) is 12.5. The zero-order valence-corrected chi connectivity index (χ0v) is 20.7. The predicted octanol–water partition coefficient (Wildman–Crippen LogP) is 7.18. The Labute approximate surface area is 218 Å². The number of carbonyl (C=O) groups excluding carboxylic acids is 2. The van der Waals surface area contributed by atoms with Crippen LogP contribution in [0.5, 0.6) is 0 Å². The Kier molecular flexibility index (Phi) is 8.55. The zero-order chi connectivity index (χ0) is 25.3. The minimum atomic E-state index is -0.481. The van der Waals surface area contributed by atoms with Crippen molar-refractivity contribution in [2.24, 2.45) is 0 Å². The van der Waals surface area contributed by atoms with E-state index in [-0.39, 0.29) is 11.5 Å². The zero-order valence-electron chi connectivity index (χ0n) is 19.1. The number of amides is 2. The minimum Gasteiger partial charge on any atom is -0.321 e. The topological polar surface area (TPSA) is 58.2 Å². The van der Waals surface area contributed by atoms with Crippen molar-refractivity contribution in [3.05, 3.63) is 136 Å². The molecule has 36 heavy (non-hydrogen) atoms. The summed E-state index contributed by atoms with van der Waals surface area (Å²) in [6, 6.07) is 29.5.